The largest absolute Gasteiger partial charge is 0.372 e. The molecule has 2 fully saturated rings. The van der Waals surface area contributed by atoms with Crippen molar-refractivity contribution >= 4 is 0 Å². The molecule has 0 aromatic heterocycles. The summed E-state index contributed by atoms with van der Waals surface area (Å²) in [7, 11) is 0. The number of nitrogens with zero attached hydrogens (tertiary/aromatic N) is 1. The van der Waals surface area contributed by atoms with Crippen molar-refractivity contribution in [2.75, 3.05) is 32.8 Å². The summed E-state index contributed by atoms with van der Waals surface area (Å²) in [6, 6.07) is 0. The van der Waals surface area contributed by atoms with E-state index in [2.05, 4.69) is 4.90 Å². The third kappa shape index (κ3) is 3.25. The van der Waals surface area contributed by atoms with Gasteiger partial charge in [0.25, 0.3) is 0 Å². The van der Waals surface area contributed by atoms with Gasteiger partial charge in [0.15, 0.2) is 0 Å². The summed E-state index contributed by atoms with van der Waals surface area (Å²) in [5.41, 5.74) is 5.62. The molecule has 78 valence electrons. The Balaban J connectivity index is 0.000000845. The van der Waals surface area contributed by atoms with E-state index < -0.39 is 0 Å². The summed E-state index contributed by atoms with van der Waals surface area (Å²) >= 11 is 0. The highest BCUT2D eigenvalue weighted by atomic mass is 16.6. The van der Waals surface area contributed by atoms with Crippen LogP contribution in [0.4, 0.5) is 0 Å². The molecule has 0 saturated carbocycles. The Morgan fingerprint density at radius 3 is 2.38 bits per heavy atom. The fourth-order valence-corrected chi connectivity index (χ4v) is 1.87. The van der Waals surface area contributed by atoms with Crippen molar-refractivity contribution in [1.82, 2.24) is 4.90 Å². The highest BCUT2D eigenvalue weighted by Gasteiger charge is 2.27. The standard InChI is InChI=1S/C9H18N2O.CH4/c10-5-8-1-3-11(4-2-8)6-9-7-12-9;/h8-9H,1-7,10H2;1H4. The summed E-state index contributed by atoms with van der Waals surface area (Å²) in [6.45, 7) is 5.45. The molecule has 0 aromatic carbocycles. The number of rotatable bonds is 3. The van der Waals surface area contributed by atoms with Gasteiger partial charge in [-0.15, -0.1) is 0 Å². The lowest BCUT2D eigenvalue weighted by atomic mass is 9.97. The second-order valence-electron chi connectivity index (χ2n) is 3.94. The Morgan fingerprint density at radius 2 is 1.92 bits per heavy atom. The van der Waals surface area contributed by atoms with Crippen LogP contribution in [0.25, 0.3) is 0 Å². The molecule has 0 spiro atoms. The van der Waals surface area contributed by atoms with Crippen LogP contribution in [0.5, 0.6) is 0 Å². The van der Waals surface area contributed by atoms with Gasteiger partial charge < -0.3 is 15.4 Å². The molecule has 13 heavy (non-hydrogen) atoms. The maximum atomic E-state index is 5.62. The second kappa shape index (κ2) is 4.94. The number of likely N-dealkylation sites (tertiary alicyclic amines) is 1. The highest BCUT2D eigenvalue weighted by molar-refractivity contribution is 4.79. The molecule has 1 unspecified atom stereocenters. The fourth-order valence-electron chi connectivity index (χ4n) is 1.87. The fraction of sp³-hybridized carbons (Fsp3) is 1.00. The molecule has 0 amide bonds. The Morgan fingerprint density at radius 1 is 1.31 bits per heavy atom. The molecule has 2 saturated heterocycles. The first-order valence-electron chi connectivity index (χ1n) is 4.92. The van der Waals surface area contributed by atoms with Gasteiger partial charge in [-0.25, -0.2) is 0 Å². The van der Waals surface area contributed by atoms with Crippen LogP contribution in [0.15, 0.2) is 0 Å². The van der Waals surface area contributed by atoms with E-state index in [0.29, 0.717) is 6.10 Å². The maximum Gasteiger partial charge on any atom is 0.0936 e. The van der Waals surface area contributed by atoms with Gasteiger partial charge in [0, 0.05) is 6.54 Å². The van der Waals surface area contributed by atoms with E-state index in [1.165, 1.54) is 25.9 Å². The van der Waals surface area contributed by atoms with Gasteiger partial charge in [0.1, 0.15) is 0 Å². The van der Waals surface area contributed by atoms with Crippen LogP contribution in [0.2, 0.25) is 0 Å². The van der Waals surface area contributed by atoms with Gasteiger partial charge in [-0.2, -0.15) is 0 Å². The monoisotopic (exact) mass is 186 g/mol. The first-order chi connectivity index (χ1) is 5.88. The van der Waals surface area contributed by atoms with E-state index in [9.17, 15) is 0 Å². The van der Waals surface area contributed by atoms with Crippen molar-refractivity contribution in [1.29, 1.82) is 0 Å². The van der Waals surface area contributed by atoms with Crippen LogP contribution in [-0.2, 0) is 4.74 Å². The van der Waals surface area contributed by atoms with E-state index in [4.69, 9.17) is 10.5 Å². The van der Waals surface area contributed by atoms with Crippen molar-refractivity contribution < 1.29 is 4.74 Å². The first-order valence-corrected chi connectivity index (χ1v) is 4.92. The Bertz CT molecular complexity index is 140. The average Bonchev–Trinajstić information content (AvgIpc) is 2.90. The molecule has 3 nitrogen and oxygen atoms in total. The van der Waals surface area contributed by atoms with Gasteiger partial charge >= 0.3 is 0 Å². The van der Waals surface area contributed by atoms with E-state index in [-0.39, 0.29) is 7.43 Å². The van der Waals surface area contributed by atoms with Crippen LogP contribution in [-0.4, -0.2) is 43.8 Å². The summed E-state index contributed by atoms with van der Waals surface area (Å²) in [6.07, 6.45) is 3.12. The number of epoxide rings is 1. The van der Waals surface area contributed by atoms with Gasteiger partial charge in [-0.1, -0.05) is 7.43 Å². The smallest absolute Gasteiger partial charge is 0.0936 e. The van der Waals surface area contributed by atoms with Gasteiger partial charge in [-0.05, 0) is 38.4 Å². The molecule has 0 radical (unpaired) electrons. The summed E-state index contributed by atoms with van der Waals surface area (Å²) < 4.78 is 5.20. The lowest BCUT2D eigenvalue weighted by Gasteiger charge is -2.30. The summed E-state index contributed by atoms with van der Waals surface area (Å²) in [5, 5.41) is 0. The normalized spacial score (nSPS) is 29.8. The van der Waals surface area contributed by atoms with E-state index in [1.54, 1.807) is 0 Å². The number of hydrogen-bond acceptors (Lipinski definition) is 3. The van der Waals surface area contributed by atoms with E-state index in [0.717, 1.165) is 25.6 Å². The molecule has 1 atom stereocenters. The second-order valence-corrected chi connectivity index (χ2v) is 3.94. The van der Waals surface area contributed by atoms with Crippen molar-refractivity contribution in [3.05, 3.63) is 0 Å². The molecular formula is C10H22N2O. The Labute approximate surface area is 81.2 Å². The van der Waals surface area contributed by atoms with Crippen molar-refractivity contribution in [3.63, 3.8) is 0 Å². The third-order valence-electron chi connectivity index (χ3n) is 2.90. The van der Waals surface area contributed by atoms with Gasteiger partial charge in [0.2, 0.25) is 0 Å². The summed E-state index contributed by atoms with van der Waals surface area (Å²) in [5.74, 6) is 0.779. The molecular weight excluding hydrogens is 164 g/mol. The molecule has 0 bridgehead atoms. The molecule has 0 aliphatic carbocycles. The minimum absolute atomic E-state index is 0. The predicted molar refractivity (Wildman–Crippen MR) is 54.7 cm³/mol. The van der Waals surface area contributed by atoms with Gasteiger partial charge in [0.05, 0.1) is 12.7 Å². The molecule has 0 aromatic rings. The minimum Gasteiger partial charge on any atom is -0.372 e. The third-order valence-corrected chi connectivity index (χ3v) is 2.90. The van der Waals surface area contributed by atoms with Crippen molar-refractivity contribution in [2.45, 2.75) is 26.4 Å². The average molecular weight is 186 g/mol. The lowest BCUT2D eigenvalue weighted by Crippen LogP contribution is -2.38. The SMILES string of the molecule is C.NCC1CCN(CC2CO2)CC1. The number of nitrogens with two attached hydrogens (primary N) is 1. The Hall–Kier alpha value is -0.120. The van der Waals surface area contributed by atoms with E-state index in [1.807, 2.05) is 0 Å². The number of hydrogen-bond donors (Lipinski definition) is 1. The molecule has 2 aliphatic heterocycles. The van der Waals surface area contributed by atoms with Crippen LogP contribution in [0.1, 0.15) is 20.3 Å². The van der Waals surface area contributed by atoms with Crippen molar-refractivity contribution in [2.24, 2.45) is 11.7 Å². The molecule has 3 heteroatoms. The van der Waals surface area contributed by atoms with E-state index >= 15 is 0 Å². The number of ether oxygens (including phenoxy) is 1. The molecule has 2 N–H and O–H groups in total. The lowest BCUT2D eigenvalue weighted by molar-refractivity contribution is 0.173. The Kier molecular flexibility index (Phi) is 4.16. The van der Waals surface area contributed by atoms with Gasteiger partial charge in [-0.3, -0.25) is 0 Å². The zero-order valence-electron chi connectivity index (χ0n) is 7.54. The topological polar surface area (TPSA) is 41.8 Å². The quantitative estimate of drug-likeness (QED) is 0.659. The maximum absolute atomic E-state index is 5.62. The zero-order chi connectivity index (χ0) is 8.39. The first kappa shape index (κ1) is 11.0. The predicted octanol–water partition coefficient (Wildman–Crippen LogP) is 0.692. The number of piperidine rings is 1. The van der Waals surface area contributed by atoms with Crippen molar-refractivity contribution in [3.8, 4) is 0 Å². The van der Waals surface area contributed by atoms with Crippen LogP contribution >= 0.6 is 0 Å². The summed E-state index contributed by atoms with van der Waals surface area (Å²) in [4.78, 5) is 2.50. The molecule has 2 aliphatic rings. The van der Waals surface area contributed by atoms with Crippen LogP contribution in [0.3, 0.4) is 0 Å². The highest BCUT2D eigenvalue weighted by Crippen LogP contribution is 2.18. The molecule has 2 rings (SSSR count). The zero-order valence-corrected chi connectivity index (χ0v) is 7.54. The van der Waals surface area contributed by atoms with Crippen LogP contribution < -0.4 is 5.73 Å². The molecule has 2 heterocycles. The minimum atomic E-state index is 0. The van der Waals surface area contributed by atoms with Crippen LogP contribution in [0, 0.1) is 5.92 Å².